The molecule has 2 aromatic rings. The fourth-order valence-corrected chi connectivity index (χ4v) is 3.56. The van der Waals surface area contributed by atoms with E-state index >= 15 is 0 Å². The minimum Gasteiger partial charge on any atom is -0.497 e. The van der Waals surface area contributed by atoms with Gasteiger partial charge in [0.2, 0.25) is 5.91 Å². The number of nitrogens with one attached hydrogen (secondary N) is 1. The van der Waals surface area contributed by atoms with E-state index in [-0.39, 0.29) is 5.91 Å². The number of benzene rings is 2. The van der Waals surface area contributed by atoms with E-state index in [2.05, 4.69) is 27.2 Å². The molecule has 1 heterocycles. The molecule has 1 aliphatic heterocycles. The van der Waals surface area contributed by atoms with Crippen LogP contribution in [0, 0.1) is 11.3 Å². The minimum atomic E-state index is -0.0718. The Morgan fingerprint density at radius 1 is 1.14 bits per heavy atom. The number of hydrogen-bond donors (Lipinski definition) is 1. The highest BCUT2D eigenvalue weighted by atomic mass is 35.5. The zero-order valence-corrected chi connectivity index (χ0v) is 17.3. The van der Waals surface area contributed by atoms with Gasteiger partial charge in [0.15, 0.2) is 0 Å². The van der Waals surface area contributed by atoms with Gasteiger partial charge >= 0.3 is 0 Å². The summed E-state index contributed by atoms with van der Waals surface area (Å²) in [7, 11) is 1.67. The number of rotatable bonds is 7. The lowest BCUT2D eigenvalue weighted by atomic mass is 10.1. The maximum absolute atomic E-state index is 12.3. The molecule has 0 aromatic heterocycles. The van der Waals surface area contributed by atoms with Gasteiger partial charge in [-0.2, -0.15) is 5.26 Å². The molecule has 0 atom stereocenters. The summed E-state index contributed by atoms with van der Waals surface area (Å²) >= 11 is 6.01. The lowest BCUT2D eigenvalue weighted by molar-refractivity contribution is -0.117. The molecule has 1 fully saturated rings. The van der Waals surface area contributed by atoms with Crippen molar-refractivity contribution in [3.8, 4) is 11.8 Å². The number of carbonyl (C=O) groups excluding carboxylic acids is 1. The molecular formula is C22H25ClN4O2. The average Bonchev–Trinajstić information content (AvgIpc) is 2.74. The van der Waals surface area contributed by atoms with Crippen molar-refractivity contribution in [3.05, 3.63) is 58.6 Å². The Morgan fingerprint density at radius 3 is 2.45 bits per heavy atom. The molecule has 7 heteroatoms. The molecule has 0 bridgehead atoms. The van der Waals surface area contributed by atoms with Crippen LogP contribution in [-0.4, -0.2) is 62.1 Å². The second-order valence-electron chi connectivity index (χ2n) is 7.07. The summed E-state index contributed by atoms with van der Waals surface area (Å²) in [4.78, 5) is 16.9. The van der Waals surface area contributed by atoms with Crippen molar-refractivity contribution in [2.24, 2.45) is 0 Å². The lowest BCUT2D eigenvalue weighted by Crippen LogP contribution is -2.49. The number of ether oxygens (including phenoxy) is 1. The summed E-state index contributed by atoms with van der Waals surface area (Å²) in [5.41, 5.74) is 2.31. The minimum absolute atomic E-state index is 0.0718. The topological polar surface area (TPSA) is 68.6 Å². The Hall–Kier alpha value is -2.59. The van der Waals surface area contributed by atoms with E-state index in [1.165, 1.54) is 5.56 Å². The van der Waals surface area contributed by atoms with Crippen molar-refractivity contribution >= 4 is 23.2 Å². The van der Waals surface area contributed by atoms with E-state index in [9.17, 15) is 4.79 Å². The molecule has 3 rings (SSSR count). The second kappa shape index (κ2) is 10.3. The van der Waals surface area contributed by atoms with Gasteiger partial charge in [-0.15, -0.1) is 0 Å². The number of piperazine rings is 1. The number of halogens is 1. The molecule has 152 valence electrons. The van der Waals surface area contributed by atoms with Crippen LogP contribution in [0.15, 0.2) is 42.5 Å². The van der Waals surface area contributed by atoms with Crippen LogP contribution < -0.4 is 10.1 Å². The van der Waals surface area contributed by atoms with Crippen molar-refractivity contribution in [3.63, 3.8) is 0 Å². The molecule has 1 N–H and O–H groups in total. The maximum atomic E-state index is 12.3. The summed E-state index contributed by atoms with van der Waals surface area (Å²) in [5, 5.41) is 12.1. The zero-order chi connectivity index (χ0) is 20.6. The summed E-state index contributed by atoms with van der Waals surface area (Å²) in [6, 6.07) is 15.1. The summed E-state index contributed by atoms with van der Waals surface area (Å²) < 4.78 is 5.19. The highest BCUT2D eigenvalue weighted by molar-refractivity contribution is 6.32. The summed E-state index contributed by atoms with van der Waals surface area (Å²) in [6.45, 7) is 4.99. The van der Waals surface area contributed by atoms with E-state index in [0.29, 0.717) is 22.8 Å². The maximum Gasteiger partial charge on any atom is 0.238 e. The molecule has 6 nitrogen and oxygen atoms in total. The smallest absolute Gasteiger partial charge is 0.238 e. The molecule has 0 saturated carbocycles. The van der Waals surface area contributed by atoms with Crippen LogP contribution in [0.3, 0.4) is 0 Å². The number of methoxy groups -OCH3 is 1. The second-order valence-corrected chi connectivity index (χ2v) is 7.48. The van der Waals surface area contributed by atoms with Crippen molar-refractivity contribution < 1.29 is 9.53 Å². The standard InChI is InChI=1S/C22H25ClN4O2/c1-29-20-6-2-17(3-7-20)8-9-26-10-12-27(13-11-26)16-22(28)25-19-5-4-18(15-24)21(23)14-19/h2-7,14H,8-13,16H2,1H3,(H,25,28). The van der Waals surface area contributed by atoms with Gasteiger partial charge in [0, 0.05) is 38.4 Å². The number of amides is 1. The third-order valence-corrected chi connectivity index (χ3v) is 5.39. The molecule has 0 radical (unpaired) electrons. The fraction of sp³-hybridized carbons (Fsp3) is 0.364. The Labute approximate surface area is 176 Å². The van der Waals surface area contributed by atoms with Crippen LogP contribution in [-0.2, 0) is 11.2 Å². The molecule has 1 amide bonds. The van der Waals surface area contributed by atoms with Gasteiger partial charge in [-0.3, -0.25) is 9.69 Å². The summed E-state index contributed by atoms with van der Waals surface area (Å²) in [6.07, 6.45) is 1.00. The Morgan fingerprint density at radius 2 is 1.83 bits per heavy atom. The molecule has 0 aliphatic carbocycles. The average molecular weight is 413 g/mol. The first-order valence-electron chi connectivity index (χ1n) is 9.64. The van der Waals surface area contributed by atoms with E-state index in [1.54, 1.807) is 25.3 Å². The normalized spacial score (nSPS) is 14.9. The summed E-state index contributed by atoms with van der Waals surface area (Å²) in [5.74, 6) is 0.807. The van der Waals surface area contributed by atoms with E-state index in [4.69, 9.17) is 21.6 Å². The Kier molecular flexibility index (Phi) is 7.48. The number of carbonyl (C=O) groups is 1. The van der Waals surface area contributed by atoms with Crippen molar-refractivity contribution in [2.45, 2.75) is 6.42 Å². The van der Waals surface area contributed by atoms with Crippen LogP contribution in [0.25, 0.3) is 0 Å². The van der Waals surface area contributed by atoms with Gasteiger partial charge in [0.25, 0.3) is 0 Å². The molecule has 1 aliphatic rings. The van der Waals surface area contributed by atoms with Gasteiger partial charge in [-0.05, 0) is 42.3 Å². The number of nitriles is 1. The van der Waals surface area contributed by atoms with Crippen LogP contribution in [0.1, 0.15) is 11.1 Å². The predicted molar refractivity (Wildman–Crippen MR) is 114 cm³/mol. The zero-order valence-electron chi connectivity index (χ0n) is 16.5. The van der Waals surface area contributed by atoms with E-state index < -0.39 is 0 Å². The van der Waals surface area contributed by atoms with Crippen molar-refractivity contribution in [1.82, 2.24) is 9.80 Å². The highest BCUT2D eigenvalue weighted by Crippen LogP contribution is 2.20. The molecule has 29 heavy (non-hydrogen) atoms. The first kappa shape index (κ1) is 21.1. The lowest BCUT2D eigenvalue weighted by Gasteiger charge is -2.34. The van der Waals surface area contributed by atoms with Crippen LogP contribution in [0.4, 0.5) is 5.69 Å². The number of anilines is 1. The molecule has 2 aromatic carbocycles. The Bertz CT molecular complexity index is 871. The first-order valence-corrected chi connectivity index (χ1v) is 10.0. The number of hydrogen-bond acceptors (Lipinski definition) is 5. The third kappa shape index (κ3) is 6.20. The SMILES string of the molecule is COc1ccc(CCN2CCN(CC(=O)Nc3ccc(C#N)c(Cl)c3)CC2)cc1. The van der Waals surface area contributed by atoms with Crippen LogP contribution >= 0.6 is 11.6 Å². The van der Waals surface area contributed by atoms with Gasteiger partial charge in [-0.1, -0.05) is 23.7 Å². The molecule has 1 saturated heterocycles. The van der Waals surface area contributed by atoms with Crippen molar-refractivity contribution in [1.29, 1.82) is 5.26 Å². The Balaban J connectivity index is 1.39. The molecule has 0 unspecified atom stereocenters. The highest BCUT2D eigenvalue weighted by Gasteiger charge is 2.19. The molecule has 0 spiro atoms. The quantitative estimate of drug-likeness (QED) is 0.757. The van der Waals surface area contributed by atoms with Gasteiger partial charge in [-0.25, -0.2) is 0 Å². The van der Waals surface area contributed by atoms with Gasteiger partial charge in [0.05, 0.1) is 24.2 Å². The fourth-order valence-electron chi connectivity index (χ4n) is 3.34. The van der Waals surface area contributed by atoms with Gasteiger partial charge < -0.3 is 15.0 Å². The first-order chi connectivity index (χ1) is 14.1. The molecular weight excluding hydrogens is 388 g/mol. The van der Waals surface area contributed by atoms with E-state index in [0.717, 1.165) is 44.9 Å². The largest absolute Gasteiger partial charge is 0.497 e. The third-order valence-electron chi connectivity index (χ3n) is 5.08. The monoisotopic (exact) mass is 412 g/mol. The van der Waals surface area contributed by atoms with Crippen LogP contribution in [0.2, 0.25) is 5.02 Å². The number of nitrogens with zero attached hydrogens (tertiary/aromatic N) is 3. The predicted octanol–water partition coefficient (Wildman–Crippen LogP) is 3.02. The van der Waals surface area contributed by atoms with Crippen LogP contribution in [0.5, 0.6) is 5.75 Å². The van der Waals surface area contributed by atoms with Crippen molar-refractivity contribution in [2.75, 3.05) is 51.7 Å². The van der Waals surface area contributed by atoms with E-state index in [1.807, 2.05) is 18.2 Å². The van der Waals surface area contributed by atoms with Gasteiger partial charge in [0.1, 0.15) is 11.8 Å².